The number of nitrogens with zero attached hydrogens (tertiary/aromatic N) is 1. The van der Waals surface area contributed by atoms with Gasteiger partial charge in [-0.25, -0.2) is 0 Å². The van der Waals surface area contributed by atoms with Crippen LogP contribution in [0.15, 0.2) is 18.2 Å². The summed E-state index contributed by atoms with van der Waals surface area (Å²) in [6.45, 7) is 0.480. The van der Waals surface area contributed by atoms with E-state index in [-0.39, 0.29) is 23.5 Å². The molecule has 2 rings (SSSR count). The van der Waals surface area contributed by atoms with E-state index in [1.54, 1.807) is 17.0 Å². The standard InChI is InChI=1S/C14H15Cl2NO3S/c15-11-4-1-9(5-12(11)16)6-17(10-2-3-10)13(18)7-21-8-14(19)20/h1,4-5,10H,2-3,6-8H2,(H,19,20). The number of carboxylic acids is 1. The highest BCUT2D eigenvalue weighted by atomic mass is 35.5. The first kappa shape index (κ1) is 16.5. The molecule has 0 heterocycles. The van der Waals surface area contributed by atoms with E-state index in [1.165, 1.54) is 0 Å². The van der Waals surface area contributed by atoms with E-state index < -0.39 is 5.97 Å². The SMILES string of the molecule is O=C(O)CSCC(=O)N(Cc1ccc(Cl)c(Cl)c1)C1CC1. The Morgan fingerprint density at radius 1 is 1.24 bits per heavy atom. The molecule has 1 N–H and O–H groups in total. The van der Waals surface area contributed by atoms with E-state index in [0.717, 1.165) is 30.2 Å². The molecule has 7 heteroatoms. The van der Waals surface area contributed by atoms with Crippen LogP contribution in [0.2, 0.25) is 10.0 Å². The lowest BCUT2D eigenvalue weighted by Gasteiger charge is -2.22. The molecule has 1 aliphatic carbocycles. The molecule has 114 valence electrons. The molecule has 4 nitrogen and oxygen atoms in total. The molecule has 1 amide bonds. The Kier molecular flexibility index (Phi) is 5.79. The lowest BCUT2D eigenvalue weighted by atomic mass is 10.2. The first-order valence-electron chi connectivity index (χ1n) is 6.50. The third-order valence-corrected chi connectivity index (χ3v) is 4.74. The van der Waals surface area contributed by atoms with Crippen LogP contribution in [-0.4, -0.2) is 39.4 Å². The lowest BCUT2D eigenvalue weighted by molar-refractivity contribution is -0.133. The fourth-order valence-electron chi connectivity index (χ4n) is 1.95. The Labute approximate surface area is 137 Å². The molecule has 0 spiro atoms. The zero-order chi connectivity index (χ0) is 15.4. The molecule has 1 fully saturated rings. The maximum Gasteiger partial charge on any atom is 0.313 e. The van der Waals surface area contributed by atoms with E-state index in [4.69, 9.17) is 28.3 Å². The molecular weight excluding hydrogens is 333 g/mol. The number of amides is 1. The number of thioether (sulfide) groups is 1. The molecule has 0 saturated heterocycles. The highest BCUT2D eigenvalue weighted by molar-refractivity contribution is 8.00. The molecule has 1 aromatic carbocycles. The highest BCUT2D eigenvalue weighted by Crippen LogP contribution is 2.30. The largest absolute Gasteiger partial charge is 0.481 e. The van der Waals surface area contributed by atoms with Gasteiger partial charge in [-0.05, 0) is 30.5 Å². The van der Waals surface area contributed by atoms with Crippen molar-refractivity contribution in [3.8, 4) is 0 Å². The fraction of sp³-hybridized carbons (Fsp3) is 0.429. The van der Waals surface area contributed by atoms with Crippen LogP contribution in [0.4, 0.5) is 0 Å². The molecule has 0 unspecified atom stereocenters. The molecule has 1 saturated carbocycles. The van der Waals surface area contributed by atoms with Crippen molar-refractivity contribution in [2.24, 2.45) is 0 Å². The summed E-state index contributed by atoms with van der Waals surface area (Å²) in [4.78, 5) is 24.5. The first-order valence-corrected chi connectivity index (χ1v) is 8.41. The zero-order valence-corrected chi connectivity index (χ0v) is 13.5. The lowest BCUT2D eigenvalue weighted by Crippen LogP contribution is -2.34. The van der Waals surface area contributed by atoms with E-state index in [1.807, 2.05) is 6.07 Å². The second-order valence-electron chi connectivity index (χ2n) is 4.89. The van der Waals surface area contributed by atoms with Gasteiger partial charge in [0.25, 0.3) is 0 Å². The van der Waals surface area contributed by atoms with Crippen LogP contribution in [0.1, 0.15) is 18.4 Å². The van der Waals surface area contributed by atoms with E-state index in [0.29, 0.717) is 16.6 Å². The predicted octanol–water partition coefficient (Wildman–Crippen LogP) is 3.30. The number of hydrogen-bond acceptors (Lipinski definition) is 3. The van der Waals surface area contributed by atoms with E-state index >= 15 is 0 Å². The number of benzene rings is 1. The number of rotatable bonds is 7. The average molecular weight is 348 g/mol. The van der Waals surface area contributed by atoms with Crippen LogP contribution in [0.25, 0.3) is 0 Å². The molecule has 1 aromatic rings. The highest BCUT2D eigenvalue weighted by Gasteiger charge is 2.32. The van der Waals surface area contributed by atoms with Gasteiger partial charge < -0.3 is 10.0 Å². The Morgan fingerprint density at radius 2 is 1.95 bits per heavy atom. The second kappa shape index (κ2) is 7.38. The van der Waals surface area contributed by atoms with E-state index in [2.05, 4.69) is 0 Å². The van der Waals surface area contributed by atoms with Gasteiger partial charge in [0.15, 0.2) is 0 Å². The van der Waals surface area contributed by atoms with Gasteiger partial charge in [-0.2, -0.15) is 0 Å². The van der Waals surface area contributed by atoms with Crippen LogP contribution < -0.4 is 0 Å². The maximum absolute atomic E-state index is 12.2. The molecule has 0 bridgehead atoms. The number of hydrogen-bond donors (Lipinski definition) is 1. The second-order valence-corrected chi connectivity index (χ2v) is 6.69. The van der Waals surface area contributed by atoms with Crippen molar-refractivity contribution in [2.45, 2.75) is 25.4 Å². The predicted molar refractivity (Wildman–Crippen MR) is 85.0 cm³/mol. The van der Waals surface area contributed by atoms with Gasteiger partial charge in [-0.1, -0.05) is 29.3 Å². The Morgan fingerprint density at radius 3 is 2.52 bits per heavy atom. The number of carbonyl (C=O) groups is 2. The Hall–Kier alpha value is -0.910. The van der Waals surface area contributed by atoms with Gasteiger partial charge in [0, 0.05) is 12.6 Å². The molecule has 21 heavy (non-hydrogen) atoms. The van der Waals surface area contributed by atoms with Crippen molar-refractivity contribution in [1.29, 1.82) is 0 Å². The molecule has 0 aliphatic heterocycles. The summed E-state index contributed by atoms with van der Waals surface area (Å²) >= 11 is 13.0. The van der Waals surface area contributed by atoms with Gasteiger partial charge in [-0.15, -0.1) is 11.8 Å². The first-order chi connectivity index (χ1) is 9.97. The average Bonchev–Trinajstić information content (AvgIpc) is 3.23. The van der Waals surface area contributed by atoms with Gasteiger partial charge in [0.2, 0.25) is 5.91 Å². The topological polar surface area (TPSA) is 57.6 Å². The van der Waals surface area contributed by atoms with Gasteiger partial charge in [-0.3, -0.25) is 9.59 Å². The monoisotopic (exact) mass is 347 g/mol. The van der Waals surface area contributed by atoms with Crippen LogP contribution >= 0.6 is 35.0 Å². The van der Waals surface area contributed by atoms with E-state index in [9.17, 15) is 9.59 Å². The Bertz CT molecular complexity index is 549. The normalized spacial score (nSPS) is 14.0. The third kappa shape index (κ3) is 5.09. The van der Waals surface area contributed by atoms with Crippen LogP contribution in [0.5, 0.6) is 0 Å². The Balaban J connectivity index is 1.96. The van der Waals surface area contributed by atoms with Crippen molar-refractivity contribution < 1.29 is 14.7 Å². The minimum absolute atomic E-state index is 0.0326. The number of carboxylic acid groups (broad SMARTS) is 1. The summed E-state index contributed by atoms with van der Waals surface area (Å²) in [7, 11) is 0. The van der Waals surface area contributed by atoms with Crippen molar-refractivity contribution in [3.05, 3.63) is 33.8 Å². The van der Waals surface area contributed by atoms with Crippen molar-refractivity contribution in [3.63, 3.8) is 0 Å². The summed E-state index contributed by atoms with van der Waals surface area (Å²) in [5, 5.41) is 9.56. The summed E-state index contributed by atoms with van der Waals surface area (Å²) in [6.07, 6.45) is 1.99. The minimum Gasteiger partial charge on any atom is -0.481 e. The summed E-state index contributed by atoms with van der Waals surface area (Å²) in [6, 6.07) is 5.59. The quantitative estimate of drug-likeness (QED) is 0.821. The summed E-state index contributed by atoms with van der Waals surface area (Å²) in [5.74, 6) is -0.814. The van der Waals surface area contributed by atoms with Crippen molar-refractivity contribution in [1.82, 2.24) is 4.90 Å². The van der Waals surface area contributed by atoms with Crippen LogP contribution in [0, 0.1) is 0 Å². The fourth-order valence-corrected chi connectivity index (χ4v) is 2.89. The summed E-state index contributed by atoms with van der Waals surface area (Å²) in [5.41, 5.74) is 0.924. The van der Waals surface area contributed by atoms with Gasteiger partial charge >= 0.3 is 5.97 Å². The molecular formula is C14H15Cl2NO3S. The summed E-state index contributed by atoms with van der Waals surface area (Å²) < 4.78 is 0. The van der Waals surface area contributed by atoms with Gasteiger partial charge in [0.05, 0.1) is 21.6 Å². The minimum atomic E-state index is -0.907. The molecule has 0 aromatic heterocycles. The third-order valence-electron chi connectivity index (χ3n) is 3.10. The van der Waals surface area contributed by atoms with Crippen molar-refractivity contribution >= 4 is 46.8 Å². The van der Waals surface area contributed by atoms with Gasteiger partial charge in [0.1, 0.15) is 0 Å². The number of halogens is 2. The molecule has 1 aliphatic rings. The van der Waals surface area contributed by atoms with Crippen LogP contribution in [-0.2, 0) is 16.1 Å². The smallest absolute Gasteiger partial charge is 0.313 e. The molecule has 0 atom stereocenters. The van der Waals surface area contributed by atoms with Crippen LogP contribution in [0.3, 0.4) is 0 Å². The number of aliphatic carboxylic acids is 1. The zero-order valence-electron chi connectivity index (χ0n) is 11.2. The maximum atomic E-state index is 12.2. The molecule has 0 radical (unpaired) electrons. The number of carbonyl (C=O) groups excluding carboxylic acids is 1. The van der Waals surface area contributed by atoms with Crippen molar-refractivity contribution in [2.75, 3.05) is 11.5 Å².